The summed E-state index contributed by atoms with van der Waals surface area (Å²) < 4.78 is 252. The summed E-state index contributed by atoms with van der Waals surface area (Å²) in [4.78, 5) is 0. The first-order valence-corrected chi connectivity index (χ1v) is 11.4. The van der Waals surface area contributed by atoms with Crippen LogP contribution in [0.3, 0.4) is 0 Å². The molecule has 0 heterocycles. The Morgan fingerprint density at radius 1 is 0.250 bits per heavy atom. The van der Waals surface area contributed by atoms with Crippen LogP contribution in [0.4, 0.5) is 79.0 Å². The molecule has 0 amide bonds. The summed E-state index contributed by atoms with van der Waals surface area (Å²) in [5, 5.41) is -13.7. The molecule has 0 aliphatic rings. The van der Waals surface area contributed by atoms with Gasteiger partial charge in [-0.05, 0) is 68.7 Å². The lowest BCUT2D eigenvalue weighted by Gasteiger charge is -2.26. The number of hydrogen-bond acceptors (Lipinski definition) is 0. The van der Waals surface area contributed by atoms with Crippen LogP contribution < -0.4 is 0 Å². The first-order chi connectivity index (χ1) is 19.6. The molecule has 0 spiro atoms. The lowest BCUT2D eigenvalue weighted by molar-refractivity contribution is -0.143. The molecule has 5 aromatic rings. The highest BCUT2D eigenvalue weighted by Crippen LogP contribution is 2.55. The van der Waals surface area contributed by atoms with Gasteiger partial charge in [0.15, 0.2) is 0 Å². The van der Waals surface area contributed by atoms with E-state index in [-0.39, 0.29) is 24.3 Å². The van der Waals surface area contributed by atoms with Crippen molar-refractivity contribution < 1.29 is 79.0 Å². The van der Waals surface area contributed by atoms with Gasteiger partial charge < -0.3 is 0 Å². The number of fused-ring (bicyclic) bond motifs is 2. The molecule has 0 aliphatic heterocycles. The Morgan fingerprint density at radius 3 is 0.727 bits per heavy atom. The third-order valence-corrected chi connectivity index (χ3v) is 6.89. The molecule has 0 N–H and O–H groups in total. The van der Waals surface area contributed by atoms with Crippen LogP contribution in [0.1, 0.15) is 33.4 Å². The summed E-state index contributed by atoms with van der Waals surface area (Å²) in [6, 6.07) is -2.78. The molecule has 5 rings (SSSR count). The van der Waals surface area contributed by atoms with E-state index in [1.54, 1.807) is 0 Å². The Kier molecular flexibility index (Phi) is 6.36. The van der Waals surface area contributed by atoms with E-state index in [0.717, 1.165) is 0 Å². The Hall–Kier alpha value is -3.86. The van der Waals surface area contributed by atoms with Crippen LogP contribution in [0.2, 0.25) is 0 Å². The molecule has 0 atom stereocenters. The van der Waals surface area contributed by atoms with Crippen LogP contribution >= 0.6 is 0 Å². The molecular weight excluding hydrogens is 654 g/mol. The predicted octanol–water partition coefficient (Wildman–Crippen LogP) is 11.8. The summed E-state index contributed by atoms with van der Waals surface area (Å²) in [7, 11) is 0. The molecule has 0 aromatic heterocycles. The first kappa shape index (κ1) is 31.6. The zero-order chi connectivity index (χ0) is 33.3. The average Bonchev–Trinajstić information content (AvgIpc) is 2.81. The molecule has 5 aromatic carbocycles. The highest BCUT2D eigenvalue weighted by molar-refractivity contribution is 6.35. The van der Waals surface area contributed by atoms with Crippen molar-refractivity contribution in [3.05, 3.63) is 69.8 Å². The van der Waals surface area contributed by atoms with Crippen LogP contribution in [0.15, 0.2) is 36.4 Å². The second kappa shape index (κ2) is 8.87. The van der Waals surface area contributed by atoms with Crippen molar-refractivity contribution >= 4 is 43.1 Å². The van der Waals surface area contributed by atoms with Crippen LogP contribution in [0, 0.1) is 0 Å². The third kappa shape index (κ3) is 4.85. The zero-order valence-corrected chi connectivity index (χ0v) is 20.3. The Labute approximate surface area is 229 Å². The smallest absolute Gasteiger partial charge is 0.166 e. The lowest BCUT2D eigenvalue weighted by atomic mass is 9.81. The Balaban J connectivity index is 2.35. The molecule has 0 fully saturated rings. The van der Waals surface area contributed by atoms with E-state index in [2.05, 4.69) is 0 Å². The van der Waals surface area contributed by atoms with Crippen LogP contribution in [-0.4, -0.2) is 0 Å². The van der Waals surface area contributed by atoms with Crippen molar-refractivity contribution in [2.24, 2.45) is 0 Å². The second-order valence-electron chi connectivity index (χ2n) is 9.57. The van der Waals surface area contributed by atoms with Gasteiger partial charge in [0.05, 0.1) is 33.4 Å². The number of hydrogen-bond donors (Lipinski definition) is 0. The molecule has 0 nitrogen and oxygen atoms in total. The minimum atomic E-state index is -5.96. The van der Waals surface area contributed by atoms with Crippen molar-refractivity contribution in [3.8, 4) is 0 Å². The van der Waals surface area contributed by atoms with Crippen molar-refractivity contribution in [2.75, 3.05) is 0 Å². The third-order valence-electron chi connectivity index (χ3n) is 6.89. The fourth-order valence-corrected chi connectivity index (χ4v) is 5.30. The maximum Gasteiger partial charge on any atom is 0.417 e. The van der Waals surface area contributed by atoms with Crippen molar-refractivity contribution in [1.82, 2.24) is 0 Å². The molecular formula is C26H6F18. The van der Waals surface area contributed by atoms with Gasteiger partial charge in [0.2, 0.25) is 0 Å². The molecule has 236 valence electrons. The summed E-state index contributed by atoms with van der Waals surface area (Å²) >= 11 is 0. The monoisotopic (exact) mass is 660 g/mol. The number of alkyl halides is 18. The van der Waals surface area contributed by atoms with Crippen molar-refractivity contribution in [3.63, 3.8) is 0 Å². The quantitative estimate of drug-likeness (QED) is 0.0881. The molecule has 44 heavy (non-hydrogen) atoms. The van der Waals surface area contributed by atoms with Crippen LogP contribution in [-0.2, 0) is 37.1 Å². The summed E-state index contributed by atoms with van der Waals surface area (Å²) in [6.07, 6.45) is -35.1. The molecule has 0 radical (unpaired) electrons. The van der Waals surface area contributed by atoms with Crippen molar-refractivity contribution in [1.29, 1.82) is 0 Å². The summed E-state index contributed by atoms with van der Waals surface area (Å²) in [5.41, 5.74) is -14.1. The summed E-state index contributed by atoms with van der Waals surface area (Å²) in [6.45, 7) is 0. The van der Waals surface area contributed by atoms with Gasteiger partial charge in [-0.3, -0.25) is 0 Å². The van der Waals surface area contributed by atoms with E-state index in [1.807, 2.05) is 0 Å². The second-order valence-corrected chi connectivity index (χ2v) is 9.57. The largest absolute Gasteiger partial charge is 0.417 e. The topological polar surface area (TPSA) is 0 Å². The van der Waals surface area contributed by atoms with Gasteiger partial charge in [0.1, 0.15) is 0 Å². The number of rotatable bonds is 0. The Bertz CT molecular complexity index is 1810. The van der Waals surface area contributed by atoms with Gasteiger partial charge >= 0.3 is 37.1 Å². The van der Waals surface area contributed by atoms with Crippen molar-refractivity contribution in [2.45, 2.75) is 37.1 Å². The molecule has 0 bridgehead atoms. The van der Waals surface area contributed by atoms with Crippen LogP contribution in [0.25, 0.3) is 43.1 Å². The SMILES string of the molecule is FC(F)(F)c1cc2c(C(F)(F)F)cc(C(F)(F)F)c3c4cc(C(F)(F)F)cc5c(C(F)(F)F)cc(C(F)(F)F)c(c(c1)c23)c54. The van der Waals surface area contributed by atoms with Gasteiger partial charge in [-0.15, -0.1) is 0 Å². The normalized spacial score (nSPS) is 14.6. The minimum absolute atomic E-state index is 0.288. The molecule has 0 unspecified atom stereocenters. The van der Waals surface area contributed by atoms with E-state index in [4.69, 9.17) is 0 Å². The van der Waals surface area contributed by atoms with Gasteiger partial charge in [0, 0.05) is 10.8 Å². The van der Waals surface area contributed by atoms with Gasteiger partial charge in [-0.2, -0.15) is 79.0 Å². The highest BCUT2D eigenvalue weighted by atomic mass is 19.4. The molecule has 0 aliphatic carbocycles. The molecule has 0 saturated carbocycles. The van der Waals surface area contributed by atoms with Gasteiger partial charge in [-0.1, -0.05) is 0 Å². The van der Waals surface area contributed by atoms with E-state index < -0.39 is 126 Å². The Morgan fingerprint density at radius 2 is 0.500 bits per heavy atom. The predicted molar refractivity (Wildman–Crippen MR) is 118 cm³/mol. The average molecular weight is 660 g/mol. The maximum absolute atomic E-state index is 14.3. The molecule has 0 saturated heterocycles. The fourth-order valence-electron chi connectivity index (χ4n) is 5.30. The zero-order valence-electron chi connectivity index (χ0n) is 20.3. The standard InChI is InChI=1S/C26H6F18/c27-21(28,29)7-1-9-13(23(33,34)35)5-15(25(39,40)41)19-12-4-8(22(30,31)32)2-10-14(24(36,37)38)6-16(26(42,43)44)20(18(10)12)11(3-7)17(9)19/h1-6H. The van der Waals surface area contributed by atoms with Gasteiger partial charge in [0.25, 0.3) is 0 Å². The van der Waals surface area contributed by atoms with E-state index >= 15 is 0 Å². The number of halogens is 18. The maximum atomic E-state index is 14.3. The highest BCUT2D eigenvalue weighted by Gasteiger charge is 2.46. The lowest BCUT2D eigenvalue weighted by Crippen LogP contribution is -2.16. The number of benzene rings is 5. The fraction of sp³-hybridized carbons (Fsp3) is 0.231. The first-order valence-electron chi connectivity index (χ1n) is 11.4. The molecule has 18 heteroatoms. The van der Waals surface area contributed by atoms with E-state index in [9.17, 15) is 79.0 Å². The van der Waals surface area contributed by atoms with E-state index in [1.165, 1.54) is 0 Å². The van der Waals surface area contributed by atoms with Gasteiger partial charge in [-0.25, -0.2) is 0 Å². The minimum Gasteiger partial charge on any atom is -0.166 e. The van der Waals surface area contributed by atoms with Crippen LogP contribution in [0.5, 0.6) is 0 Å². The summed E-state index contributed by atoms with van der Waals surface area (Å²) in [5.74, 6) is 0. The van der Waals surface area contributed by atoms with E-state index in [0.29, 0.717) is 0 Å².